The van der Waals surface area contributed by atoms with Crippen molar-refractivity contribution < 1.29 is 4.79 Å². The van der Waals surface area contributed by atoms with Crippen LogP contribution in [0.25, 0.3) is 0 Å². The Hall–Kier alpha value is -2.29. The molecule has 1 heterocycles. The number of terminal acetylenes is 1. The number of hydrogen-bond acceptors (Lipinski definition) is 3. The molecule has 1 rings (SSSR count). The van der Waals surface area contributed by atoms with Crippen molar-refractivity contribution in [1.82, 2.24) is 15.3 Å². The lowest BCUT2D eigenvalue weighted by Gasteiger charge is -2.07. The largest absolute Gasteiger partial charge is 0.338 e. The average Bonchev–Trinajstić information content (AvgIpc) is 2.36. The number of H-pyrrole nitrogens is 1. The van der Waals surface area contributed by atoms with Crippen molar-refractivity contribution in [3.05, 3.63) is 22.1 Å². The summed E-state index contributed by atoms with van der Waals surface area (Å²) < 4.78 is 0. The zero-order chi connectivity index (χ0) is 14.1. The average molecular weight is 262 g/mol. The van der Waals surface area contributed by atoms with Crippen molar-refractivity contribution in [2.45, 2.75) is 32.6 Å². The predicted molar refractivity (Wildman–Crippen MR) is 73.9 cm³/mol. The molecule has 0 aliphatic rings. The summed E-state index contributed by atoms with van der Waals surface area (Å²) in [6.07, 6.45) is 8.06. The Morgan fingerprint density at radius 1 is 1.58 bits per heavy atom. The SMILES string of the molecule is C#CCCc1cc(=O)[nH]c(NC(=O)NCCCC)n1. The van der Waals surface area contributed by atoms with Gasteiger partial charge in [0.25, 0.3) is 5.56 Å². The minimum atomic E-state index is -0.384. The Balaban J connectivity index is 2.62. The maximum atomic E-state index is 11.5. The first kappa shape index (κ1) is 14.8. The van der Waals surface area contributed by atoms with Gasteiger partial charge in [-0.2, -0.15) is 0 Å². The zero-order valence-electron chi connectivity index (χ0n) is 11.0. The zero-order valence-corrected chi connectivity index (χ0v) is 11.0. The lowest BCUT2D eigenvalue weighted by molar-refractivity contribution is 0.252. The molecule has 6 nitrogen and oxygen atoms in total. The number of hydrogen-bond donors (Lipinski definition) is 3. The van der Waals surface area contributed by atoms with Crippen molar-refractivity contribution in [3.8, 4) is 12.3 Å². The van der Waals surface area contributed by atoms with E-state index in [9.17, 15) is 9.59 Å². The fourth-order valence-corrected chi connectivity index (χ4v) is 1.43. The third-order valence-electron chi connectivity index (χ3n) is 2.37. The van der Waals surface area contributed by atoms with Crippen LogP contribution in [-0.4, -0.2) is 22.5 Å². The molecule has 0 aromatic carbocycles. The highest BCUT2D eigenvalue weighted by Crippen LogP contribution is 2.00. The maximum absolute atomic E-state index is 11.5. The smallest absolute Gasteiger partial charge is 0.321 e. The molecule has 0 atom stereocenters. The molecular formula is C13H18N4O2. The number of aromatic amines is 1. The summed E-state index contributed by atoms with van der Waals surface area (Å²) in [6.45, 7) is 2.62. The fraction of sp³-hybridized carbons (Fsp3) is 0.462. The second-order valence-electron chi connectivity index (χ2n) is 4.02. The first-order valence-electron chi connectivity index (χ1n) is 6.24. The lowest BCUT2D eigenvalue weighted by Crippen LogP contribution is -2.31. The Morgan fingerprint density at radius 3 is 3.05 bits per heavy atom. The summed E-state index contributed by atoms with van der Waals surface area (Å²) in [5.41, 5.74) is 0.247. The highest BCUT2D eigenvalue weighted by atomic mass is 16.2. The molecule has 6 heteroatoms. The Labute approximate surface area is 112 Å². The fourth-order valence-electron chi connectivity index (χ4n) is 1.43. The topological polar surface area (TPSA) is 86.9 Å². The highest BCUT2D eigenvalue weighted by molar-refractivity contribution is 5.87. The molecule has 19 heavy (non-hydrogen) atoms. The van der Waals surface area contributed by atoms with E-state index in [4.69, 9.17) is 6.42 Å². The van der Waals surface area contributed by atoms with E-state index < -0.39 is 0 Å². The van der Waals surface area contributed by atoms with Crippen molar-refractivity contribution >= 4 is 12.0 Å². The number of carbonyl (C=O) groups excluding carboxylic acids is 1. The predicted octanol–water partition coefficient (Wildman–Crippen LogP) is 1.26. The van der Waals surface area contributed by atoms with E-state index >= 15 is 0 Å². The monoisotopic (exact) mass is 262 g/mol. The van der Waals surface area contributed by atoms with Gasteiger partial charge in [-0.05, 0) is 6.42 Å². The first-order valence-corrected chi connectivity index (χ1v) is 6.24. The molecule has 0 radical (unpaired) electrons. The van der Waals surface area contributed by atoms with E-state index in [1.807, 2.05) is 6.92 Å². The molecule has 0 bridgehead atoms. The summed E-state index contributed by atoms with van der Waals surface area (Å²) in [5.74, 6) is 2.61. The van der Waals surface area contributed by atoms with Gasteiger partial charge in [0.1, 0.15) is 0 Å². The maximum Gasteiger partial charge on any atom is 0.321 e. The summed E-state index contributed by atoms with van der Waals surface area (Å²) >= 11 is 0. The molecule has 0 aliphatic carbocycles. The number of unbranched alkanes of at least 4 members (excludes halogenated alkanes) is 1. The van der Waals surface area contributed by atoms with Crippen molar-refractivity contribution in [1.29, 1.82) is 0 Å². The van der Waals surface area contributed by atoms with Crippen LogP contribution in [0.5, 0.6) is 0 Å². The van der Waals surface area contributed by atoms with E-state index in [0.29, 0.717) is 25.1 Å². The standard InChI is InChI=1S/C13H18N4O2/c1-3-5-7-10-9-11(18)16-12(15-10)17-13(19)14-8-6-4-2/h1,9H,4-8H2,2H3,(H3,14,15,16,17,18,19). The van der Waals surface area contributed by atoms with Crippen LogP contribution in [0.4, 0.5) is 10.7 Å². The van der Waals surface area contributed by atoms with Crippen LogP contribution in [0.1, 0.15) is 31.9 Å². The van der Waals surface area contributed by atoms with E-state index in [1.165, 1.54) is 6.07 Å². The molecule has 0 spiro atoms. The van der Waals surface area contributed by atoms with E-state index in [2.05, 4.69) is 26.5 Å². The number of carbonyl (C=O) groups is 1. The summed E-state index contributed by atoms with van der Waals surface area (Å²) in [5, 5.41) is 5.16. The second-order valence-corrected chi connectivity index (χ2v) is 4.02. The number of nitrogens with zero attached hydrogens (tertiary/aromatic N) is 1. The Morgan fingerprint density at radius 2 is 2.37 bits per heavy atom. The van der Waals surface area contributed by atoms with Gasteiger partial charge in [-0.3, -0.25) is 15.1 Å². The summed E-state index contributed by atoms with van der Waals surface area (Å²) in [4.78, 5) is 29.5. The van der Waals surface area contributed by atoms with E-state index in [-0.39, 0.29) is 17.5 Å². The number of anilines is 1. The van der Waals surface area contributed by atoms with Crippen LogP contribution in [0, 0.1) is 12.3 Å². The molecule has 102 valence electrons. The first-order chi connectivity index (χ1) is 9.15. The van der Waals surface area contributed by atoms with Gasteiger partial charge in [-0.15, -0.1) is 12.3 Å². The molecule has 0 saturated heterocycles. The Bertz CT molecular complexity index is 516. The Kier molecular flexibility index (Phi) is 6.16. The molecule has 1 aromatic rings. The van der Waals surface area contributed by atoms with Gasteiger partial charge in [0.05, 0.1) is 5.69 Å². The third-order valence-corrected chi connectivity index (χ3v) is 2.37. The molecule has 0 aliphatic heterocycles. The van der Waals surface area contributed by atoms with Crippen LogP contribution in [0.2, 0.25) is 0 Å². The number of aromatic nitrogens is 2. The minimum Gasteiger partial charge on any atom is -0.338 e. The normalized spacial score (nSPS) is 9.68. The van der Waals surface area contributed by atoms with Crippen LogP contribution in [0.3, 0.4) is 0 Å². The molecule has 2 amide bonds. The number of nitrogens with one attached hydrogen (secondary N) is 3. The van der Waals surface area contributed by atoms with Crippen LogP contribution in [-0.2, 0) is 6.42 Å². The van der Waals surface area contributed by atoms with Crippen molar-refractivity contribution in [2.24, 2.45) is 0 Å². The van der Waals surface area contributed by atoms with Crippen molar-refractivity contribution in [2.75, 3.05) is 11.9 Å². The molecule has 0 saturated carbocycles. The second kappa shape index (κ2) is 7.93. The minimum absolute atomic E-state index is 0.133. The van der Waals surface area contributed by atoms with Gasteiger partial charge in [0, 0.05) is 25.5 Å². The number of aryl methyl sites for hydroxylation is 1. The molecule has 3 N–H and O–H groups in total. The van der Waals surface area contributed by atoms with Crippen LogP contribution in [0.15, 0.2) is 10.9 Å². The van der Waals surface area contributed by atoms with Gasteiger partial charge in [-0.1, -0.05) is 13.3 Å². The van der Waals surface area contributed by atoms with Crippen molar-refractivity contribution in [3.63, 3.8) is 0 Å². The van der Waals surface area contributed by atoms with Crippen LogP contribution < -0.4 is 16.2 Å². The number of amides is 2. The van der Waals surface area contributed by atoms with E-state index in [1.54, 1.807) is 0 Å². The lowest BCUT2D eigenvalue weighted by atomic mass is 10.2. The molecule has 0 fully saturated rings. The van der Waals surface area contributed by atoms with E-state index in [0.717, 1.165) is 12.8 Å². The van der Waals surface area contributed by atoms with Gasteiger partial charge in [-0.25, -0.2) is 9.78 Å². The summed E-state index contributed by atoms with van der Waals surface area (Å²) in [7, 11) is 0. The molecule has 0 unspecified atom stereocenters. The van der Waals surface area contributed by atoms with Gasteiger partial charge in [0.15, 0.2) is 0 Å². The van der Waals surface area contributed by atoms with Gasteiger partial charge < -0.3 is 5.32 Å². The third kappa shape index (κ3) is 5.73. The number of urea groups is 1. The summed E-state index contributed by atoms with van der Waals surface area (Å²) in [6, 6.07) is 0.989. The van der Waals surface area contributed by atoms with Gasteiger partial charge >= 0.3 is 6.03 Å². The quantitative estimate of drug-likeness (QED) is 0.532. The number of rotatable bonds is 6. The van der Waals surface area contributed by atoms with Gasteiger partial charge in [0.2, 0.25) is 5.95 Å². The molecular weight excluding hydrogens is 244 g/mol. The molecule has 1 aromatic heterocycles. The highest BCUT2D eigenvalue weighted by Gasteiger charge is 2.05. The van der Waals surface area contributed by atoms with Crippen LogP contribution >= 0.6 is 0 Å².